The zero-order chi connectivity index (χ0) is 32.7. The molecular formula is C36H40N4O6. The van der Waals surface area contributed by atoms with E-state index >= 15 is 0 Å². The van der Waals surface area contributed by atoms with Crippen LogP contribution in [0.25, 0.3) is 0 Å². The topological polar surface area (TPSA) is 137 Å². The van der Waals surface area contributed by atoms with Crippen LogP contribution in [0.4, 0.5) is 5.69 Å². The largest absolute Gasteiger partial charge is 0.468 e. The van der Waals surface area contributed by atoms with E-state index in [1.807, 2.05) is 0 Å². The van der Waals surface area contributed by atoms with Crippen LogP contribution in [0.15, 0.2) is 101 Å². The van der Waals surface area contributed by atoms with Crippen LogP contribution in [0.1, 0.15) is 55.2 Å². The highest BCUT2D eigenvalue weighted by Crippen LogP contribution is 2.42. The first-order valence-electron chi connectivity index (χ1n) is 15.6. The number of carbonyl (C=O) groups is 2. The molecule has 0 spiro atoms. The number of esters is 2. The molecule has 0 aliphatic carbocycles. The standard InChI is InChI=1S/C36H40N4O6/c1-25-30(31(32(33(37)38-25)34(41)45-2)26-12-11-17-29(24-26)40(43)44)35(42)46-23-10-9-20-39-21-18-36(19-22-39,27-13-5-3-6-14-27)28-15-7-4-8-16-28/h3-8,11-17,24,31-32H,9-10,18-23H2,1-2H3,(H2,37,38). The number of benzene rings is 3. The van der Waals surface area contributed by atoms with E-state index in [4.69, 9.17) is 15.2 Å². The maximum absolute atomic E-state index is 13.5. The van der Waals surface area contributed by atoms with Gasteiger partial charge < -0.3 is 20.1 Å². The number of ether oxygens (including phenoxy) is 2. The van der Waals surface area contributed by atoms with Gasteiger partial charge in [0.2, 0.25) is 0 Å². The Balaban J connectivity index is 1.20. The Kier molecular flexibility index (Phi) is 10.3. The Morgan fingerprint density at radius 1 is 0.978 bits per heavy atom. The Bertz CT molecular complexity index is 1570. The van der Waals surface area contributed by atoms with E-state index in [9.17, 15) is 19.7 Å². The van der Waals surface area contributed by atoms with Gasteiger partial charge in [0.05, 0.1) is 29.9 Å². The molecule has 2 unspecified atom stereocenters. The lowest BCUT2D eigenvalue weighted by Crippen LogP contribution is -2.43. The Morgan fingerprint density at radius 3 is 2.20 bits per heavy atom. The molecule has 0 amide bonds. The fraction of sp³-hybridized carbons (Fsp3) is 0.361. The van der Waals surface area contributed by atoms with Crippen molar-refractivity contribution in [3.63, 3.8) is 0 Å². The van der Waals surface area contributed by atoms with E-state index < -0.39 is 28.7 Å². The summed E-state index contributed by atoms with van der Waals surface area (Å²) in [5, 5.41) is 11.5. The summed E-state index contributed by atoms with van der Waals surface area (Å²) < 4.78 is 10.7. The predicted octanol–water partition coefficient (Wildman–Crippen LogP) is 5.52. The molecule has 0 radical (unpaired) electrons. The number of non-ortho nitro benzene ring substituents is 1. The number of nitrogens with two attached hydrogens (primary N) is 1. The van der Waals surface area contributed by atoms with E-state index in [0.717, 1.165) is 38.9 Å². The van der Waals surface area contributed by atoms with Gasteiger partial charge in [-0.05, 0) is 68.9 Å². The number of nitro benzene ring substituents is 1. The minimum Gasteiger partial charge on any atom is -0.468 e. The molecular weight excluding hydrogens is 584 g/mol. The number of hydrogen-bond acceptors (Lipinski definition) is 9. The van der Waals surface area contributed by atoms with E-state index in [2.05, 4.69) is 70.6 Å². The van der Waals surface area contributed by atoms with Crippen LogP contribution in [-0.2, 0) is 24.5 Å². The van der Waals surface area contributed by atoms with Gasteiger partial charge in [0, 0.05) is 23.5 Å². The Labute approximate surface area is 269 Å². The van der Waals surface area contributed by atoms with E-state index in [-0.39, 0.29) is 29.1 Å². The van der Waals surface area contributed by atoms with Crippen molar-refractivity contribution < 1.29 is 24.0 Å². The summed E-state index contributed by atoms with van der Waals surface area (Å²) in [6.07, 6.45) is 3.55. The van der Waals surface area contributed by atoms with Gasteiger partial charge in [0.15, 0.2) is 0 Å². The number of piperidine rings is 1. The number of aliphatic imine (C=N–C) groups is 1. The molecule has 3 aromatic carbocycles. The molecule has 1 saturated heterocycles. The molecule has 0 bridgehead atoms. The van der Waals surface area contributed by atoms with Crippen LogP contribution in [0, 0.1) is 16.0 Å². The number of methoxy groups -OCH3 is 1. The van der Waals surface area contributed by atoms with Crippen molar-refractivity contribution in [3.05, 3.63) is 123 Å². The maximum atomic E-state index is 13.5. The number of likely N-dealkylation sites (tertiary alicyclic amines) is 1. The van der Waals surface area contributed by atoms with Crippen molar-refractivity contribution in [1.29, 1.82) is 0 Å². The second-order valence-corrected chi connectivity index (χ2v) is 11.9. The lowest BCUT2D eigenvalue weighted by Gasteiger charge is -2.43. The van der Waals surface area contributed by atoms with Crippen LogP contribution < -0.4 is 5.73 Å². The highest BCUT2D eigenvalue weighted by Gasteiger charge is 2.43. The summed E-state index contributed by atoms with van der Waals surface area (Å²) in [6, 6.07) is 27.3. The third kappa shape index (κ3) is 6.87. The molecule has 0 aromatic heterocycles. The lowest BCUT2D eigenvalue weighted by molar-refractivity contribution is -0.384. The van der Waals surface area contributed by atoms with Gasteiger partial charge >= 0.3 is 11.9 Å². The van der Waals surface area contributed by atoms with Gasteiger partial charge in [-0.3, -0.25) is 14.9 Å². The van der Waals surface area contributed by atoms with Crippen LogP contribution in [0.5, 0.6) is 0 Å². The average molecular weight is 625 g/mol. The van der Waals surface area contributed by atoms with Gasteiger partial charge in [0.1, 0.15) is 11.8 Å². The number of carbonyl (C=O) groups excluding carboxylic acids is 2. The molecule has 10 nitrogen and oxygen atoms in total. The Morgan fingerprint density at radius 2 is 1.61 bits per heavy atom. The molecule has 240 valence electrons. The molecule has 1 fully saturated rings. The minimum atomic E-state index is -1.13. The van der Waals surface area contributed by atoms with E-state index in [0.29, 0.717) is 17.7 Å². The first-order valence-corrected chi connectivity index (χ1v) is 15.6. The first-order chi connectivity index (χ1) is 22.2. The van der Waals surface area contributed by atoms with Crippen molar-refractivity contribution in [2.24, 2.45) is 16.6 Å². The van der Waals surface area contributed by atoms with Crippen molar-refractivity contribution >= 4 is 23.5 Å². The van der Waals surface area contributed by atoms with Gasteiger partial charge in [-0.2, -0.15) is 0 Å². The normalized spacial score (nSPS) is 19.7. The fourth-order valence-corrected chi connectivity index (χ4v) is 6.83. The highest BCUT2D eigenvalue weighted by atomic mass is 16.6. The van der Waals surface area contributed by atoms with Gasteiger partial charge in [0.25, 0.3) is 5.69 Å². The van der Waals surface area contributed by atoms with Crippen LogP contribution in [-0.4, -0.2) is 60.9 Å². The number of unbranched alkanes of at least 4 members (excludes halogenated alkanes) is 1. The average Bonchev–Trinajstić information content (AvgIpc) is 3.08. The number of amidine groups is 1. The first kappa shape index (κ1) is 32.6. The monoisotopic (exact) mass is 624 g/mol. The summed E-state index contributed by atoms with van der Waals surface area (Å²) >= 11 is 0. The quantitative estimate of drug-likeness (QED) is 0.127. The van der Waals surface area contributed by atoms with Crippen molar-refractivity contribution in [2.75, 3.05) is 33.4 Å². The van der Waals surface area contributed by atoms with Crippen molar-refractivity contribution in [2.45, 2.75) is 43.9 Å². The fourth-order valence-electron chi connectivity index (χ4n) is 6.83. The van der Waals surface area contributed by atoms with Gasteiger partial charge in [-0.1, -0.05) is 72.8 Å². The highest BCUT2D eigenvalue weighted by molar-refractivity contribution is 6.06. The zero-order valence-corrected chi connectivity index (χ0v) is 26.3. The van der Waals surface area contributed by atoms with Gasteiger partial charge in [-0.25, -0.2) is 9.79 Å². The number of nitrogens with zero attached hydrogens (tertiary/aromatic N) is 3. The maximum Gasteiger partial charge on any atom is 0.336 e. The van der Waals surface area contributed by atoms with E-state index in [1.165, 1.54) is 36.4 Å². The summed E-state index contributed by atoms with van der Waals surface area (Å²) in [5.41, 5.74) is 9.49. The summed E-state index contributed by atoms with van der Waals surface area (Å²) in [4.78, 5) is 44.0. The summed E-state index contributed by atoms with van der Waals surface area (Å²) in [7, 11) is 1.22. The Hall–Kier alpha value is -4.83. The zero-order valence-electron chi connectivity index (χ0n) is 26.3. The molecule has 5 rings (SSSR count). The number of rotatable bonds is 11. The smallest absolute Gasteiger partial charge is 0.336 e. The summed E-state index contributed by atoms with van der Waals surface area (Å²) in [5.74, 6) is -3.42. The number of allylic oxidation sites excluding steroid dienone is 1. The third-order valence-corrected chi connectivity index (χ3v) is 9.23. The molecule has 10 heteroatoms. The second kappa shape index (κ2) is 14.5. The molecule has 0 saturated carbocycles. The molecule has 2 N–H and O–H groups in total. The molecule has 3 aromatic rings. The SMILES string of the molecule is COC(=O)C1C(N)=NC(C)=C(C(=O)OCCCCN2CCC(c3ccccc3)(c3ccccc3)CC2)C1c1cccc([N+](=O)[O-])c1. The molecule has 2 heterocycles. The van der Waals surface area contributed by atoms with E-state index in [1.54, 1.807) is 13.0 Å². The lowest BCUT2D eigenvalue weighted by atomic mass is 9.68. The van der Waals surface area contributed by atoms with Gasteiger partial charge in [-0.15, -0.1) is 0 Å². The number of hydrogen-bond donors (Lipinski definition) is 1. The van der Waals surface area contributed by atoms with Crippen LogP contribution in [0.3, 0.4) is 0 Å². The predicted molar refractivity (Wildman–Crippen MR) is 175 cm³/mol. The third-order valence-electron chi connectivity index (χ3n) is 9.23. The molecule has 2 aliphatic heterocycles. The van der Waals surface area contributed by atoms with Crippen LogP contribution in [0.2, 0.25) is 0 Å². The van der Waals surface area contributed by atoms with Crippen LogP contribution >= 0.6 is 0 Å². The molecule has 46 heavy (non-hydrogen) atoms. The van der Waals surface area contributed by atoms with Crippen molar-refractivity contribution in [3.8, 4) is 0 Å². The van der Waals surface area contributed by atoms with Crippen molar-refractivity contribution in [1.82, 2.24) is 4.90 Å². The molecule has 2 aliphatic rings. The summed E-state index contributed by atoms with van der Waals surface area (Å²) in [6.45, 7) is 4.62. The minimum absolute atomic E-state index is 0.0101. The second-order valence-electron chi connectivity index (χ2n) is 11.9. The number of nitro groups is 1. The molecule has 2 atom stereocenters.